The van der Waals surface area contributed by atoms with E-state index in [2.05, 4.69) is 35.3 Å². The second-order valence-corrected chi connectivity index (χ2v) is 10.0. The van der Waals surface area contributed by atoms with Crippen molar-refractivity contribution in [2.75, 3.05) is 10.6 Å². The molecule has 0 unspecified atom stereocenters. The quantitative estimate of drug-likeness (QED) is 0.148. The fourth-order valence-electron chi connectivity index (χ4n) is 3.28. The van der Waals surface area contributed by atoms with Gasteiger partial charge in [-0.2, -0.15) is 10.5 Å². The van der Waals surface area contributed by atoms with Gasteiger partial charge in [-0.1, -0.05) is 48.5 Å². The van der Waals surface area contributed by atoms with E-state index in [0.717, 1.165) is 34.3 Å². The Labute approximate surface area is 232 Å². The van der Waals surface area contributed by atoms with Gasteiger partial charge in [0.1, 0.15) is 27.9 Å². The van der Waals surface area contributed by atoms with Gasteiger partial charge in [0, 0.05) is 16.9 Å². The van der Waals surface area contributed by atoms with Crippen LogP contribution in [0.4, 0.5) is 21.4 Å². The summed E-state index contributed by atoms with van der Waals surface area (Å²) < 4.78 is 5.55. The van der Waals surface area contributed by atoms with E-state index in [1.54, 1.807) is 12.1 Å². The van der Waals surface area contributed by atoms with Crippen molar-refractivity contribution in [3.8, 4) is 29.0 Å². The molecule has 0 fully saturated rings. The number of anilines is 4. The highest BCUT2D eigenvalue weighted by Gasteiger charge is 2.14. The molecule has 5 rings (SSSR count). The SMILES string of the molecule is N#Cc1c(Nc2cc(Br)c(O)c(-c3ccccc3)c2)s[nH]c1=O.N#Cc1c(Nc2ccccc2)s[nH]c1=O. The summed E-state index contributed by atoms with van der Waals surface area (Å²) in [5.41, 5.74) is 2.41. The van der Waals surface area contributed by atoms with Crippen LogP contribution >= 0.6 is 39.0 Å². The van der Waals surface area contributed by atoms with Crippen LogP contribution in [-0.4, -0.2) is 13.9 Å². The number of aromatic hydroxyl groups is 1. The third-order valence-corrected chi connectivity index (χ3v) is 7.26. The molecule has 2 aromatic heterocycles. The summed E-state index contributed by atoms with van der Waals surface area (Å²) in [6.45, 7) is 0. The van der Waals surface area contributed by atoms with E-state index < -0.39 is 5.56 Å². The van der Waals surface area contributed by atoms with Gasteiger partial charge in [0.25, 0.3) is 11.1 Å². The molecule has 3 aromatic carbocycles. The molecule has 9 nitrogen and oxygen atoms in total. The van der Waals surface area contributed by atoms with Crippen LogP contribution in [0.3, 0.4) is 0 Å². The Balaban J connectivity index is 0.000000194. The van der Waals surface area contributed by atoms with Crippen molar-refractivity contribution < 1.29 is 5.11 Å². The number of benzene rings is 3. The van der Waals surface area contributed by atoms with E-state index in [4.69, 9.17) is 10.5 Å². The molecule has 0 saturated heterocycles. The van der Waals surface area contributed by atoms with Crippen molar-refractivity contribution in [3.63, 3.8) is 0 Å². The molecule has 0 aliphatic carbocycles. The molecule has 0 spiro atoms. The maximum absolute atomic E-state index is 11.5. The van der Waals surface area contributed by atoms with Crippen LogP contribution in [-0.2, 0) is 0 Å². The average Bonchev–Trinajstić information content (AvgIpc) is 3.47. The Kier molecular flexibility index (Phi) is 8.40. The number of phenols is 1. The third kappa shape index (κ3) is 6.02. The molecule has 2 heterocycles. The first kappa shape index (κ1) is 26.4. The Morgan fingerprint density at radius 2 is 1.26 bits per heavy atom. The molecule has 0 aliphatic rings. The Morgan fingerprint density at radius 3 is 1.79 bits per heavy atom. The number of aromatic nitrogens is 2. The summed E-state index contributed by atoms with van der Waals surface area (Å²) in [4.78, 5) is 22.7. The summed E-state index contributed by atoms with van der Waals surface area (Å²) in [6, 6.07) is 26.0. The fraction of sp³-hybridized carbons (Fsp3) is 0. The summed E-state index contributed by atoms with van der Waals surface area (Å²) in [6.07, 6.45) is 0. The van der Waals surface area contributed by atoms with Crippen LogP contribution in [0.2, 0.25) is 0 Å². The van der Waals surface area contributed by atoms with E-state index in [0.29, 0.717) is 25.7 Å². The molecular formula is C26H17BrN6O3S2. The molecule has 12 heteroatoms. The number of nitriles is 2. The normalized spacial score (nSPS) is 9.97. The highest BCUT2D eigenvalue weighted by atomic mass is 79.9. The maximum atomic E-state index is 11.5. The predicted octanol–water partition coefficient (Wildman–Crippen LogP) is 6.24. The van der Waals surface area contributed by atoms with E-state index >= 15 is 0 Å². The Hall–Kier alpha value is -4.62. The molecule has 0 amide bonds. The van der Waals surface area contributed by atoms with Crippen LogP contribution in [0.1, 0.15) is 11.1 Å². The topological polar surface area (TPSA) is 158 Å². The first-order chi connectivity index (χ1) is 18.4. The second-order valence-electron chi connectivity index (χ2n) is 7.53. The van der Waals surface area contributed by atoms with Crippen LogP contribution < -0.4 is 21.8 Å². The van der Waals surface area contributed by atoms with E-state index in [-0.39, 0.29) is 22.4 Å². The van der Waals surface area contributed by atoms with Crippen LogP contribution in [0.25, 0.3) is 11.1 Å². The number of aromatic amines is 2. The predicted molar refractivity (Wildman–Crippen MR) is 154 cm³/mol. The molecule has 5 N–H and O–H groups in total. The molecule has 188 valence electrons. The van der Waals surface area contributed by atoms with Crippen molar-refractivity contribution in [3.05, 3.63) is 109 Å². The number of halogens is 1. The van der Waals surface area contributed by atoms with Gasteiger partial charge in [-0.25, -0.2) is 0 Å². The van der Waals surface area contributed by atoms with Gasteiger partial charge < -0.3 is 15.7 Å². The van der Waals surface area contributed by atoms with Crippen molar-refractivity contribution in [2.45, 2.75) is 0 Å². The monoisotopic (exact) mass is 604 g/mol. The molecule has 38 heavy (non-hydrogen) atoms. The number of para-hydroxylation sites is 1. The van der Waals surface area contributed by atoms with Gasteiger partial charge in [0.15, 0.2) is 11.1 Å². The number of rotatable bonds is 5. The number of hydrogen-bond acceptors (Lipinski definition) is 9. The lowest BCUT2D eigenvalue weighted by Gasteiger charge is -2.11. The number of phenolic OH excluding ortho intramolecular Hbond substituents is 1. The number of hydrogen-bond donors (Lipinski definition) is 5. The zero-order valence-electron chi connectivity index (χ0n) is 19.3. The molecular weight excluding hydrogens is 588 g/mol. The number of H-pyrrole nitrogens is 2. The Bertz CT molecular complexity index is 1760. The molecule has 5 aromatic rings. The minimum atomic E-state index is -0.416. The molecule has 0 bridgehead atoms. The summed E-state index contributed by atoms with van der Waals surface area (Å²) in [5.74, 6) is 0.129. The second kappa shape index (κ2) is 12.1. The van der Waals surface area contributed by atoms with E-state index in [1.807, 2.05) is 72.8 Å². The van der Waals surface area contributed by atoms with Gasteiger partial charge in [-0.05, 0) is 68.8 Å². The smallest absolute Gasteiger partial charge is 0.278 e. The fourth-order valence-corrected chi connectivity index (χ4v) is 5.15. The van der Waals surface area contributed by atoms with Crippen LogP contribution in [0.5, 0.6) is 5.75 Å². The average molecular weight is 605 g/mol. The lowest BCUT2D eigenvalue weighted by molar-refractivity contribution is 0.474. The first-order valence-corrected chi connectivity index (χ1v) is 13.2. The standard InChI is InChI=1S/C16H10BrN3O2S.C10H7N3OS/c17-13-7-10(19-16-12(8-18)15(22)20-23-16)6-11(14(13)21)9-4-2-1-3-5-9;11-6-8-9(14)13-15-10(8)12-7-4-2-1-3-5-7/h1-7,19,21H,(H,20,22);1-5,12H,(H,13,14). The van der Waals surface area contributed by atoms with E-state index in [9.17, 15) is 14.7 Å². The van der Waals surface area contributed by atoms with Gasteiger partial charge in [0.2, 0.25) is 0 Å². The highest BCUT2D eigenvalue weighted by molar-refractivity contribution is 9.10. The zero-order valence-corrected chi connectivity index (χ0v) is 22.5. The molecule has 0 atom stereocenters. The van der Waals surface area contributed by atoms with Gasteiger partial charge in [0.05, 0.1) is 4.47 Å². The van der Waals surface area contributed by atoms with Crippen molar-refractivity contribution in [1.82, 2.24) is 8.75 Å². The first-order valence-electron chi connectivity index (χ1n) is 10.8. The zero-order chi connectivity index (χ0) is 27.1. The number of nitrogens with one attached hydrogen (secondary N) is 4. The van der Waals surface area contributed by atoms with Crippen LogP contribution in [0, 0.1) is 22.7 Å². The van der Waals surface area contributed by atoms with E-state index in [1.165, 1.54) is 0 Å². The summed E-state index contributed by atoms with van der Waals surface area (Å²) in [5, 5.41) is 35.1. The summed E-state index contributed by atoms with van der Waals surface area (Å²) >= 11 is 5.51. The summed E-state index contributed by atoms with van der Waals surface area (Å²) in [7, 11) is 0. The molecule has 0 radical (unpaired) electrons. The van der Waals surface area contributed by atoms with Crippen LogP contribution in [0.15, 0.2) is 86.9 Å². The highest BCUT2D eigenvalue weighted by Crippen LogP contribution is 2.39. The maximum Gasteiger partial charge on any atom is 0.278 e. The van der Waals surface area contributed by atoms with Gasteiger partial charge >= 0.3 is 0 Å². The van der Waals surface area contributed by atoms with Crippen molar-refractivity contribution >= 4 is 60.4 Å². The van der Waals surface area contributed by atoms with Gasteiger partial charge in [-0.15, -0.1) is 0 Å². The largest absolute Gasteiger partial charge is 0.506 e. The molecule has 0 saturated carbocycles. The lowest BCUT2D eigenvalue weighted by atomic mass is 10.0. The third-order valence-electron chi connectivity index (χ3n) is 5.06. The molecule has 0 aliphatic heterocycles. The minimum absolute atomic E-state index is 0.0421. The van der Waals surface area contributed by atoms with Gasteiger partial charge in [-0.3, -0.25) is 18.3 Å². The lowest BCUT2D eigenvalue weighted by Crippen LogP contribution is -2.02. The van der Waals surface area contributed by atoms with Crippen molar-refractivity contribution in [2.24, 2.45) is 0 Å². The Morgan fingerprint density at radius 1 is 0.763 bits per heavy atom. The minimum Gasteiger partial charge on any atom is -0.506 e. The van der Waals surface area contributed by atoms with Crippen molar-refractivity contribution in [1.29, 1.82) is 10.5 Å². The number of nitrogens with zero attached hydrogens (tertiary/aromatic N) is 2.